The maximum atomic E-state index is 13.6. The number of pyridine rings is 1. The summed E-state index contributed by atoms with van der Waals surface area (Å²) in [5.74, 6) is -2.24. The van der Waals surface area contributed by atoms with Crippen LogP contribution in [0.4, 0.5) is 8.78 Å². The van der Waals surface area contributed by atoms with Gasteiger partial charge >= 0.3 is 0 Å². The molecule has 5 heteroatoms. The van der Waals surface area contributed by atoms with Gasteiger partial charge in [0.05, 0.1) is 17.5 Å². The highest BCUT2D eigenvalue weighted by atomic mass is 19.2. The molecule has 1 aromatic heterocycles. The Hall–Kier alpha value is -1.91. The van der Waals surface area contributed by atoms with E-state index in [1.54, 1.807) is 10.8 Å². The van der Waals surface area contributed by atoms with Gasteiger partial charge in [-0.25, -0.2) is 4.39 Å². The second-order valence-corrected chi connectivity index (χ2v) is 3.97. The van der Waals surface area contributed by atoms with Crippen LogP contribution in [0.2, 0.25) is 0 Å². The number of halogens is 2. The van der Waals surface area contributed by atoms with E-state index in [-0.39, 0.29) is 16.6 Å². The van der Waals surface area contributed by atoms with Crippen LogP contribution in [-0.4, -0.2) is 11.2 Å². The van der Waals surface area contributed by atoms with Gasteiger partial charge in [-0.1, -0.05) is 0 Å². The highest BCUT2D eigenvalue weighted by molar-refractivity contribution is 5.85. The lowest BCUT2D eigenvalue weighted by atomic mass is 10.1. The minimum Gasteiger partial charge on any atom is -0.488 e. The van der Waals surface area contributed by atoms with E-state index >= 15 is 0 Å². The fourth-order valence-electron chi connectivity index (χ4n) is 2.12. The topological polar surface area (TPSA) is 31.2 Å². The summed E-state index contributed by atoms with van der Waals surface area (Å²) < 4.78 is 33.9. The highest BCUT2D eigenvalue weighted by Crippen LogP contribution is 2.31. The molecule has 1 aliphatic heterocycles. The Morgan fingerprint density at radius 1 is 1.35 bits per heavy atom. The first-order chi connectivity index (χ1) is 8.18. The van der Waals surface area contributed by atoms with Gasteiger partial charge in [-0.15, -0.1) is 0 Å². The predicted molar refractivity (Wildman–Crippen MR) is 58.2 cm³/mol. The van der Waals surface area contributed by atoms with Gasteiger partial charge in [0.2, 0.25) is 5.82 Å². The molecule has 0 amide bonds. The van der Waals surface area contributed by atoms with Crippen LogP contribution in [0.15, 0.2) is 23.1 Å². The first kappa shape index (κ1) is 10.3. The monoisotopic (exact) mass is 237 g/mol. The maximum Gasteiger partial charge on any atom is 0.202 e. The van der Waals surface area contributed by atoms with Crippen molar-refractivity contribution in [3.8, 4) is 5.75 Å². The lowest BCUT2D eigenvalue weighted by molar-refractivity contribution is 0.296. The fraction of sp³-hybridized carbons (Fsp3) is 0.250. The molecule has 0 bridgehead atoms. The van der Waals surface area contributed by atoms with Crippen molar-refractivity contribution in [1.29, 1.82) is 0 Å². The van der Waals surface area contributed by atoms with E-state index in [0.29, 0.717) is 25.1 Å². The number of benzene rings is 1. The van der Waals surface area contributed by atoms with Crippen LogP contribution < -0.4 is 10.2 Å². The van der Waals surface area contributed by atoms with Crippen LogP contribution in [0.25, 0.3) is 10.9 Å². The first-order valence-electron chi connectivity index (χ1n) is 5.32. The lowest BCUT2D eigenvalue weighted by Gasteiger charge is -2.10. The Balaban J connectivity index is 2.54. The average Bonchev–Trinajstić information content (AvgIpc) is 2.53. The SMILES string of the molecule is O=c1ccn2c3c(c(F)c(F)cc13)OCCC2. The van der Waals surface area contributed by atoms with Gasteiger partial charge in [-0.05, 0) is 12.5 Å². The van der Waals surface area contributed by atoms with E-state index in [2.05, 4.69) is 0 Å². The van der Waals surface area contributed by atoms with Crippen LogP contribution in [0, 0.1) is 11.6 Å². The molecule has 1 aliphatic rings. The second-order valence-electron chi connectivity index (χ2n) is 3.97. The third kappa shape index (κ3) is 1.42. The summed E-state index contributed by atoms with van der Waals surface area (Å²) in [4.78, 5) is 11.6. The van der Waals surface area contributed by atoms with E-state index in [9.17, 15) is 13.6 Å². The van der Waals surface area contributed by atoms with Crippen LogP contribution in [0.1, 0.15) is 6.42 Å². The normalized spacial score (nSPS) is 14.5. The third-order valence-corrected chi connectivity index (χ3v) is 2.90. The zero-order chi connectivity index (χ0) is 12.0. The number of aryl methyl sites for hydroxylation is 1. The number of ether oxygens (including phenoxy) is 1. The van der Waals surface area contributed by atoms with E-state index < -0.39 is 11.6 Å². The van der Waals surface area contributed by atoms with Crippen molar-refractivity contribution < 1.29 is 13.5 Å². The Morgan fingerprint density at radius 3 is 3.00 bits per heavy atom. The Kier molecular flexibility index (Phi) is 2.14. The van der Waals surface area contributed by atoms with Gasteiger partial charge in [0.25, 0.3) is 0 Å². The van der Waals surface area contributed by atoms with Crippen molar-refractivity contribution in [3.05, 3.63) is 40.2 Å². The predicted octanol–water partition coefficient (Wildman–Crippen LogP) is 2.06. The van der Waals surface area contributed by atoms with E-state index in [1.807, 2.05) is 0 Å². The van der Waals surface area contributed by atoms with Gasteiger partial charge in [-0.3, -0.25) is 4.79 Å². The molecule has 3 rings (SSSR count). The third-order valence-electron chi connectivity index (χ3n) is 2.90. The number of nitrogens with zero attached hydrogens (tertiary/aromatic N) is 1. The number of rotatable bonds is 0. The molecule has 2 heterocycles. The molecule has 0 spiro atoms. The Morgan fingerprint density at radius 2 is 2.18 bits per heavy atom. The van der Waals surface area contributed by atoms with Crippen LogP contribution >= 0.6 is 0 Å². The van der Waals surface area contributed by atoms with Crippen LogP contribution in [0.5, 0.6) is 5.75 Å². The quantitative estimate of drug-likeness (QED) is 0.702. The molecule has 0 fully saturated rings. The van der Waals surface area contributed by atoms with Crippen molar-refractivity contribution in [2.75, 3.05) is 6.61 Å². The molecule has 17 heavy (non-hydrogen) atoms. The second kappa shape index (κ2) is 3.55. The molecule has 0 radical (unpaired) electrons. The summed E-state index contributed by atoms with van der Waals surface area (Å²) in [5.41, 5.74) is 0.0100. The molecule has 0 saturated carbocycles. The lowest BCUT2D eigenvalue weighted by Crippen LogP contribution is -2.08. The summed E-state index contributed by atoms with van der Waals surface area (Å²) in [6.45, 7) is 0.931. The van der Waals surface area contributed by atoms with Crippen molar-refractivity contribution in [2.24, 2.45) is 0 Å². The molecule has 0 atom stereocenters. The van der Waals surface area contributed by atoms with Gasteiger partial charge in [-0.2, -0.15) is 4.39 Å². The number of aromatic nitrogens is 1. The molecule has 0 N–H and O–H groups in total. The average molecular weight is 237 g/mol. The summed E-state index contributed by atoms with van der Waals surface area (Å²) in [6.07, 6.45) is 2.27. The molecule has 1 aromatic carbocycles. The van der Waals surface area contributed by atoms with E-state index in [1.165, 1.54) is 6.07 Å². The van der Waals surface area contributed by atoms with Crippen molar-refractivity contribution in [2.45, 2.75) is 13.0 Å². The van der Waals surface area contributed by atoms with Gasteiger partial charge in [0.15, 0.2) is 17.0 Å². The van der Waals surface area contributed by atoms with Crippen molar-refractivity contribution >= 4 is 10.9 Å². The standard InChI is InChI=1S/C12H9F2NO2/c13-8-6-7-9(16)2-4-15-3-1-5-17-12(10(8)14)11(7)15/h2,4,6H,1,3,5H2. The van der Waals surface area contributed by atoms with Crippen molar-refractivity contribution in [1.82, 2.24) is 4.57 Å². The highest BCUT2D eigenvalue weighted by Gasteiger charge is 2.20. The van der Waals surface area contributed by atoms with Crippen LogP contribution in [0.3, 0.4) is 0 Å². The largest absolute Gasteiger partial charge is 0.488 e. The molecule has 0 aliphatic carbocycles. The molecule has 0 unspecified atom stereocenters. The van der Waals surface area contributed by atoms with Gasteiger partial charge in [0.1, 0.15) is 0 Å². The minimum atomic E-state index is -1.05. The summed E-state index contributed by atoms with van der Waals surface area (Å²) in [6, 6.07) is 2.29. The van der Waals surface area contributed by atoms with Gasteiger partial charge in [0, 0.05) is 18.8 Å². The summed E-state index contributed by atoms with van der Waals surface area (Å²) >= 11 is 0. The fourth-order valence-corrected chi connectivity index (χ4v) is 2.12. The van der Waals surface area contributed by atoms with Crippen LogP contribution in [-0.2, 0) is 6.54 Å². The summed E-state index contributed by atoms with van der Waals surface area (Å²) in [5, 5.41) is 0.156. The number of hydrogen-bond donors (Lipinski definition) is 0. The zero-order valence-electron chi connectivity index (χ0n) is 8.87. The summed E-state index contributed by atoms with van der Waals surface area (Å²) in [7, 11) is 0. The van der Waals surface area contributed by atoms with E-state index in [4.69, 9.17) is 4.74 Å². The Labute approximate surface area is 95.2 Å². The number of hydrogen-bond acceptors (Lipinski definition) is 2. The van der Waals surface area contributed by atoms with Crippen molar-refractivity contribution in [3.63, 3.8) is 0 Å². The zero-order valence-corrected chi connectivity index (χ0v) is 8.87. The molecule has 3 nitrogen and oxygen atoms in total. The molecular formula is C12H9F2NO2. The molecular weight excluding hydrogens is 228 g/mol. The Bertz CT molecular complexity index is 664. The molecule has 0 saturated heterocycles. The molecule has 88 valence electrons. The smallest absolute Gasteiger partial charge is 0.202 e. The first-order valence-corrected chi connectivity index (χ1v) is 5.32. The van der Waals surface area contributed by atoms with Gasteiger partial charge < -0.3 is 9.30 Å². The maximum absolute atomic E-state index is 13.6. The minimum absolute atomic E-state index is 0.156. The molecule has 2 aromatic rings. The van der Waals surface area contributed by atoms with E-state index in [0.717, 1.165) is 6.07 Å².